The van der Waals surface area contributed by atoms with Gasteiger partial charge in [0.25, 0.3) is 0 Å². The molecule has 0 spiro atoms. The van der Waals surface area contributed by atoms with Crippen LogP contribution in [0.3, 0.4) is 0 Å². The van der Waals surface area contributed by atoms with Crippen molar-refractivity contribution in [2.24, 2.45) is 0 Å². The van der Waals surface area contributed by atoms with Crippen molar-refractivity contribution in [3.63, 3.8) is 0 Å². The summed E-state index contributed by atoms with van der Waals surface area (Å²) in [5, 5.41) is 13.7. The first-order valence-corrected chi connectivity index (χ1v) is 9.70. The predicted molar refractivity (Wildman–Crippen MR) is 108 cm³/mol. The van der Waals surface area contributed by atoms with E-state index >= 15 is 0 Å². The molecule has 4 nitrogen and oxygen atoms in total. The average Bonchev–Trinajstić information content (AvgIpc) is 3.20. The number of nitrogens with one attached hydrogen (secondary N) is 1. The molecule has 7 heteroatoms. The van der Waals surface area contributed by atoms with Gasteiger partial charge in [-0.25, -0.2) is 0 Å². The Morgan fingerprint density at radius 1 is 1.12 bits per heavy atom. The zero-order valence-corrected chi connectivity index (χ0v) is 16.2. The monoisotopic (exact) mass is 431 g/mol. The topological polar surface area (TPSA) is 48.4 Å². The molecule has 1 fully saturated rings. The minimum absolute atomic E-state index is 0.0109. The molecule has 3 aromatic rings. The predicted octanol–water partition coefficient (Wildman–Crippen LogP) is 4.79. The molecule has 2 N–H and O–H groups in total. The summed E-state index contributed by atoms with van der Waals surface area (Å²) in [5.74, 6) is 0.235. The number of phenols is 1. The minimum Gasteiger partial charge on any atom is -0.508 e. The van der Waals surface area contributed by atoms with Gasteiger partial charge in [0, 0.05) is 16.8 Å². The summed E-state index contributed by atoms with van der Waals surface area (Å²) in [5.41, 5.74) is 1.88. The molecule has 0 radical (unpaired) electrons. The van der Waals surface area contributed by atoms with Crippen LogP contribution < -0.4 is 10.2 Å². The highest BCUT2D eigenvalue weighted by atomic mass is 79.9. The number of thiocarbonyl (C=S) groups is 1. The van der Waals surface area contributed by atoms with Crippen LogP contribution in [0.1, 0.15) is 22.7 Å². The van der Waals surface area contributed by atoms with Crippen molar-refractivity contribution in [1.29, 1.82) is 0 Å². The number of thiophene rings is 1. The molecule has 3 heterocycles. The third-order valence-electron chi connectivity index (χ3n) is 4.11. The van der Waals surface area contributed by atoms with Gasteiger partial charge < -0.3 is 15.3 Å². The lowest BCUT2D eigenvalue weighted by Crippen LogP contribution is -2.28. The van der Waals surface area contributed by atoms with E-state index in [9.17, 15) is 5.11 Å². The number of rotatable bonds is 3. The van der Waals surface area contributed by atoms with E-state index < -0.39 is 0 Å². The molecule has 0 amide bonds. The Morgan fingerprint density at radius 3 is 2.56 bits per heavy atom. The van der Waals surface area contributed by atoms with Gasteiger partial charge >= 0.3 is 0 Å². The Bertz CT molecular complexity index is 898. The van der Waals surface area contributed by atoms with Crippen LogP contribution in [-0.4, -0.2) is 15.2 Å². The van der Waals surface area contributed by atoms with Crippen molar-refractivity contribution >= 4 is 50.3 Å². The summed E-state index contributed by atoms with van der Waals surface area (Å²) in [6.45, 7) is 0. The van der Waals surface area contributed by atoms with E-state index in [1.165, 1.54) is 4.88 Å². The Kier molecular flexibility index (Phi) is 4.45. The number of hydrogen-bond donors (Lipinski definition) is 2. The summed E-state index contributed by atoms with van der Waals surface area (Å²) in [4.78, 5) is 7.80. The maximum absolute atomic E-state index is 9.60. The first kappa shape index (κ1) is 16.5. The number of hydrogen-bond acceptors (Lipinski definition) is 4. The van der Waals surface area contributed by atoms with E-state index in [0.29, 0.717) is 5.11 Å². The van der Waals surface area contributed by atoms with Crippen LogP contribution in [0.15, 0.2) is 64.6 Å². The van der Waals surface area contributed by atoms with Gasteiger partial charge in [-0.2, -0.15) is 0 Å². The van der Waals surface area contributed by atoms with Gasteiger partial charge in [-0.3, -0.25) is 4.98 Å². The first-order valence-electron chi connectivity index (χ1n) is 7.68. The Morgan fingerprint density at radius 2 is 1.92 bits per heavy atom. The Labute approximate surface area is 163 Å². The Balaban J connectivity index is 1.81. The molecule has 0 bridgehead atoms. The van der Waals surface area contributed by atoms with E-state index in [1.807, 2.05) is 36.4 Å². The van der Waals surface area contributed by atoms with Crippen molar-refractivity contribution in [1.82, 2.24) is 10.3 Å². The molecule has 1 aliphatic rings. The third-order valence-corrected chi connectivity index (χ3v) is 6.12. The van der Waals surface area contributed by atoms with Crippen LogP contribution in [0.2, 0.25) is 0 Å². The van der Waals surface area contributed by atoms with Gasteiger partial charge in [-0.15, -0.1) is 11.3 Å². The highest BCUT2D eigenvalue weighted by Gasteiger charge is 2.41. The second kappa shape index (κ2) is 6.74. The summed E-state index contributed by atoms with van der Waals surface area (Å²) < 4.78 is 1.07. The molecular weight excluding hydrogens is 418 g/mol. The molecule has 4 rings (SSSR count). The summed E-state index contributed by atoms with van der Waals surface area (Å²) in [6.07, 6.45) is 1.80. The number of pyridine rings is 1. The SMILES string of the molecule is Oc1ccc(N2C(=S)N[C@H](c3ccccn3)[C@@H]2c2ccc(Br)s2)cc1. The number of halogens is 1. The lowest BCUT2D eigenvalue weighted by atomic mass is 10.0. The second-order valence-corrected chi connectivity index (χ2v) is 8.54. The van der Waals surface area contributed by atoms with Gasteiger partial charge in [-0.1, -0.05) is 6.07 Å². The number of phenolic OH excluding ortho intramolecular Hbond substituents is 1. The van der Waals surface area contributed by atoms with Crippen LogP contribution in [0.5, 0.6) is 5.75 Å². The van der Waals surface area contributed by atoms with Crippen molar-refractivity contribution in [2.45, 2.75) is 12.1 Å². The van der Waals surface area contributed by atoms with Gasteiger partial charge in [0.1, 0.15) is 5.75 Å². The molecule has 0 unspecified atom stereocenters. The number of aromatic hydroxyl groups is 1. The van der Waals surface area contributed by atoms with Gasteiger partial charge in [0.05, 0.1) is 21.6 Å². The fraction of sp³-hybridized carbons (Fsp3) is 0.111. The van der Waals surface area contributed by atoms with Crippen molar-refractivity contribution < 1.29 is 5.11 Å². The van der Waals surface area contributed by atoms with E-state index in [4.69, 9.17) is 12.2 Å². The summed E-state index contributed by atoms with van der Waals surface area (Å²) in [6, 6.07) is 17.1. The quantitative estimate of drug-likeness (QED) is 0.583. The van der Waals surface area contributed by atoms with Crippen LogP contribution in [0.25, 0.3) is 0 Å². The number of anilines is 1. The van der Waals surface area contributed by atoms with Crippen molar-refractivity contribution in [3.8, 4) is 5.75 Å². The molecule has 25 heavy (non-hydrogen) atoms. The smallest absolute Gasteiger partial charge is 0.174 e. The second-order valence-electron chi connectivity index (χ2n) is 5.65. The molecule has 2 atom stereocenters. The number of aromatic nitrogens is 1. The zero-order valence-electron chi connectivity index (χ0n) is 13.0. The fourth-order valence-electron chi connectivity index (χ4n) is 3.02. The summed E-state index contributed by atoms with van der Waals surface area (Å²) in [7, 11) is 0. The fourth-order valence-corrected chi connectivity index (χ4v) is 4.92. The molecule has 2 aromatic heterocycles. The maximum Gasteiger partial charge on any atom is 0.174 e. The highest BCUT2D eigenvalue weighted by molar-refractivity contribution is 9.11. The third kappa shape index (κ3) is 3.15. The maximum atomic E-state index is 9.60. The van der Waals surface area contributed by atoms with Crippen molar-refractivity contribution in [3.05, 3.63) is 75.2 Å². The van der Waals surface area contributed by atoms with E-state index in [0.717, 1.165) is 15.2 Å². The van der Waals surface area contributed by atoms with E-state index in [-0.39, 0.29) is 17.8 Å². The lowest BCUT2D eigenvalue weighted by Gasteiger charge is -2.26. The van der Waals surface area contributed by atoms with Crippen molar-refractivity contribution in [2.75, 3.05) is 4.90 Å². The lowest BCUT2D eigenvalue weighted by molar-refractivity contribution is 0.475. The van der Waals surface area contributed by atoms with Crippen LogP contribution in [-0.2, 0) is 0 Å². The normalized spacial score (nSPS) is 19.9. The van der Waals surface area contributed by atoms with Gasteiger partial charge in [-0.05, 0) is 76.7 Å². The molecule has 0 aliphatic carbocycles. The van der Waals surface area contributed by atoms with E-state index in [1.54, 1.807) is 29.7 Å². The largest absolute Gasteiger partial charge is 0.508 e. The minimum atomic E-state index is -0.0481. The number of benzene rings is 1. The molecule has 1 aromatic carbocycles. The number of nitrogens with zero attached hydrogens (tertiary/aromatic N) is 2. The molecule has 126 valence electrons. The Hall–Kier alpha value is -1.96. The zero-order chi connectivity index (χ0) is 17.4. The van der Waals surface area contributed by atoms with Gasteiger partial charge in [0.15, 0.2) is 5.11 Å². The van der Waals surface area contributed by atoms with Crippen LogP contribution in [0.4, 0.5) is 5.69 Å². The van der Waals surface area contributed by atoms with Crippen LogP contribution in [0, 0.1) is 0 Å². The van der Waals surface area contributed by atoms with Crippen LogP contribution >= 0.6 is 39.5 Å². The summed E-state index contributed by atoms with van der Waals surface area (Å²) >= 11 is 10.9. The van der Waals surface area contributed by atoms with Gasteiger partial charge in [0.2, 0.25) is 0 Å². The molecule has 1 aliphatic heterocycles. The molecule has 1 saturated heterocycles. The highest BCUT2D eigenvalue weighted by Crippen LogP contribution is 2.44. The average molecular weight is 432 g/mol. The standard InChI is InChI=1S/C18H14BrN3OS2/c19-15-9-8-14(25-15)17-16(13-3-1-2-10-20-13)21-18(24)22(17)11-4-6-12(23)7-5-11/h1-10,16-17,23H,(H,21,24)/t16-,17+/m1/s1. The first-order chi connectivity index (χ1) is 12.1. The molecular formula is C18H14BrN3OS2. The molecule has 0 saturated carbocycles. The van der Waals surface area contributed by atoms with E-state index in [2.05, 4.69) is 37.2 Å².